The molecule has 3 rings (SSSR count). The second kappa shape index (κ2) is 7.53. The number of carbonyl (C=O) groups excluding carboxylic acids is 2. The Morgan fingerprint density at radius 2 is 2.08 bits per heavy atom. The van der Waals surface area contributed by atoms with Gasteiger partial charge < -0.3 is 9.64 Å². The van der Waals surface area contributed by atoms with E-state index in [4.69, 9.17) is 16.3 Å². The predicted octanol–water partition coefficient (Wildman–Crippen LogP) is 4.36. The van der Waals surface area contributed by atoms with Crippen molar-refractivity contribution in [2.24, 2.45) is 5.92 Å². The van der Waals surface area contributed by atoms with Crippen LogP contribution in [0, 0.1) is 5.92 Å². The quantitative estimate of drug-likeness (QED) is 0.685. The minimum Gasteiger partial charge on any atom is -0.466 e. The lowest BCUT2D eigenvalue weighted by molar-refractivity contribution is -0.143. The summed E-state index contributed by atoms with van der Waals surface area (Å²) in [6.07, 6.45) is 2.50. The van der Waals surface area contributed by atoms with Crippen LogP contribution < -0.4 is 0 Å². The molecular weight excluding hydrogens is 346 g/mol. The number of nitrogens with zero attached hydrogens (tertiary/aromatic N) is 1. The van der Waals surface area contributed by atoms with Gasteiger partial charge in [0.15, 0.2) is 0 Å². The number of thiophene rings is 1. The Balaban J connectivity index is 1.78. The Morgan fingerprint density at radius 3 is 2.75 bits per heavy atom. The second-order valence-corrected chi connectivity index (χ2v) is 7.42. The highest BCUT2D eigenvalue weighted by Gasteiger charge is 2.29. The maximum atomic E-state index is 13.0. The molecule has 6 heteroatoms. The van der Waals surface area contributed by atoms with E-state index < -0.39 is 0 Å². The highest BCUT2D eigenvalue weighted by atomic mass is 35.5. The molecule has 0 unspecified atom stereocenters. The molecule has 1 heterocycles. The van der Waals surface area contributed by atoms with Crippen LogP contribution in [0.2, 0.25) is 5.02 Å². The number of amides is 1. The van der Waals surface area contributed by atoms with E-state index in [1.165, 1.54) is 11.3 Å². The molecule has 0 spiro atoms. The Hall–Kier alpha value is -1.59. The summed E-state index contributed by atoms with van der Waals surface area (Å²) in [5, 5.41) is 1.42. The van der Waals surface area contributed by atoms with Crippen LogP contribution in [0.4, 0.5) is 0 Å². The Labute approximate surface area is 150 Å². The molecule has 24 heavy (non-hydrogen) atoms. The fourth-order valence-electron chi connectivity index (χ4n) is 2.64. The van der Waals surface area contributed by atoms with Gasteiger partial charge in [-0.3, -0.25) is 9.59 Å². The number of hydrogen-bond acceptors (Lipinski definition) is 4. The molecule has 1 aromatic carbocycles. The first kappa shape index (κ1) is 17.2. The van der Waals surface area contributed by atoms with Gasteiger partial charge in [-0.1, -0.05) is 29.8 Å². The summed E-state index contributed by atoms with van der Waals surface area (Å²) in [4.78, 5) is 26.9. The molecule has 0 N–H and O–H groups in total. The molecule has 0 bridgehead atoms. The number of rotatable bonds is 7. The summed E-state index contributed by atoms with van der Waals surface area (Å²) in [6, 6.07) is 7.74. The first-order valence-corrected chi connectivity index (χ1v) is 9.41. The number of carbonyl (C=O) groups is 2. The molecule has 2 aromatic rings. The zero-order valence-corrected chi connectivity index (χ0v) is 15.2. The summed E-state index contributed by atoms with van der Waals surface area (Å²) in [6.45, 7) is 3.20. The maximum Gasteiger partial charge on any atom is 0.307 e. The summed E-state index contributed by atoms with van der Waals surface area (Å²) >= 11 is 7.84. The SMILES string of the molecule is CCOC(=O)CCN(CC1CC1)C(=O)c1sc2ccccc2c1Cl. The first-order valence-electron chi connectivity index (χ1n) is 8.22. The van der Waals surface area contributed by atoms with Crippen molar-refractivity contribution in [2.45, 2.75) is 26.2 Å². The summed E-state index contributed by atoms with van der Waals surface area (Å²) in [5.41, 5.74) is 0. The second-order valence-electron chi connectivity index (χ2n) is 5.99. The predicted molar refractivity (Wildman–Crippen MR) is 96.7 cm³/mol. The van der Waals surface area contributed by atoms with Gasteiger partial charge in [-0.25, -0.2) is 0 Å². The van der Waals surface area contributed by atoms with Crippen LogP contribution >= 0.6 is 22.9 Å². The molecule has 1 aromatic heterocycles. The lowest BCUT2D eigenvalue weighted by atomic mass is 10.2. The summed E-state index contributed by atoms with van der Waals surface area (Å²) in [7, 11) is 0. The van der Waals surface area contributed by atoms with E-state index in [0.29, 0.717) is 35.5 Å². The van der Waals surface area contributed by atoms with E-state index in [1.54, 1.807) is 11.8 Å². The Morgan fingerprint density at radius 1 is 1.33 bits per heavy atom. The molecule has 4 nitrogen and oxygen atoms in total. The molecule has 0 atom stereocenters. The highest BCUT2D eigenvalue weighted by Crippen LogP contribution is 2.37. The number of ether oxygens (including phenoxy) is 1. The van der Waals surface area contributed by atoms with E-state index in [2.05, 4.69) is 0 Å². The third-order valence-electron chi connectivity index (χ3n) is 4.08. The van der Waals surface area contributed by atoms with E-state index in [9.17, 15) is 9.59 Å². The van der Waals surface area contributed by atoms with Crippen LogP contribution in [0.1, 0.15) is 35.9 Å². The van der Waals surface area contributed by atoms with Crippen LogP contribution in [-0.4, -0.2) is 36.5 Å². The Bertz CT molecular complexity index is 754. The van der Waals surface area contributed by atoms with Crippen molar-refractivity contribution >= 4 is 44.9 Å². The zero-order chi connectivity index (χ0) is 17.1. The van der Waals surface area contributed by atoms with Crippen LogP contribution in [-0.2, 0) is 9.53 Å². The van der Waals surface area contributed by atoms with Crippen molar-refractivity contribution < 1.29 is 14.3 Å². The molecular formula is C18H20ClNO3S. The minimum absolute atomic E-state index is 0.0857. The van der Waals surface area contributed by atoms with E-state index >= 15 is 0 Å². The molecule has 1 fully saturated rings. The largest absolute Gasteiger partial charge is 0.466 e. The smallest absolute Gasteiger partial charge is 0.307 e. The van der Waals surface area contributed by atoms with Crippen molar-refractivity contribution in [2.75, 3.05) is 19.7 Å². The molecule has 128 valence electrons. The first-order chi connectivity index (χ1) is 11.6. The minimum atomic E-state index is -0.270. The molecule has 0 saturated heterocycles. The van der Waals surface area contributed by atoms with Crippen molar-refractivity contribution in [1.29, 1.82) is 0 Å². The fraction of sp³-hybridized carbons (Fsp3) is 0.444. The van der Waals surface area contributed by atoms with Gasteiger partial charge in [0.1, 0.15) is 4.88 Å². The van der Waals surface area contributed by atoms with Crippen LogP contribution in [0.5, 0.6) is 0 Å². The molecule has 0 aliphatic heterocycles. The molecule has 1 aliphatic carbocycles. The van der Waals surface area contributed by atoms with Crippen molar-refractivity contribution in [3.63, 3.8) is 0 Å². The molecule has 1 saturated carbocycles. The number of benzene rings is 1. The molecule has 1 amide bonds. The van der Waals surface area contributed by atoms with Gasteiger partial charge in [-0.05, 0) is 31.7 Å². The summed E-state index contributed by atoms with van der Waals surface area (Å²) < 4.78 is 5.97. The standard InChI is InChI=1S/C18H20ClNO3S/c1-2-23-15(21)9-10-20(11-12-7-8-12)18(22)17-16(19)13-5-3-4-6-14(13)24-17/h3-6,12H,2,7-11H2,1H3. The maximum absolute atomic E-state index is 13.0. The van der Waals surface area contributed by atoms with Crippen LogP contribution in [0.3, 0.4) is 0 Å². The van der Waals surface area contributed by atoms with E-state index in [0.717, 1.165) is 22.9 Å². The topological polar surface area (TPSA) is 46.6 Å². The van der Waals surface area contributed by atoms with E-state index in [-0.39, 0.29) is 18.3 Å². The lowest BCUT2D eigenvalue weighted by Gasteiger charge is -2.21. The fourth-order valence-corrected chi connectivity index (χ4v) is 4.12. The highest BCUT2D eigenvalue weighted by molar-refractivity contribution is 7.21. The monoisotopic (exact) mass is 365 g/mol. The number of esters is 1. The van der Waals surface area contributed by atoms with Gasteiger partial charge in [0.05, 0.1) is 18.1 Å². The van der Waals surface area contributed by atoms with Crippen molar-refractivity contribution in [3.8, 4) is 0 Å². The van der Waals surface area contributed by atoms with E-state index in [1.807, 2.05) is 24.3 Å². The van der Waals surface area contributed by atoms with Gasteiger partial charge in [0.25, 0.3) is 5.91 Å². The normalized spacial score (nSPS) is 13.9. The van der Waals surface area contributed by atoms with Crippen LogP contribution in [0.25, 0.3) is 10.1 Å². The molecule has 0 radical (unpaired) electrons. The molecule has 1 aliphatic rings. The van der Waals surface area contributed by atoms with Gasteiger partial charge in [0, 0.05) is 23.2 Å². The Kier molecular flexibility index (Phi) is 5.41. The number of halogens is 1. The zero-order valence-electron chi connectivity index (χ0n) is 13.6. The van der Waals surface area contributed by atoms with Crippen LogP contribution in [0.15, 0.2) is 24.3 Å². The van der Waals surface area contributed by atoms with Crippen molar-refractivity contribution in [3.05, 3.63) is 34.2 Å². The van der Waals surface area contributed by atoms with Gasteiger partial charge in [-0.15, -0.1) is 11.3 Å². The summed E-state index contributed by atoms with van der Waals surface area (Å²) in [5.74, 6) is 0.190. The van der Waals surface area contributed by atoms with Gasteiger partial charge in [0.2, 0.25) is 0 Å². The third kappa shape index (κ3) is 3.90. The third-order valence-corrected chi connectivity index (χ3v) is 5.75. The lowest BCUT2D eigenvalue weighted by Crippen LogP contribution is -2.34. The van der Waals surface area contributed by atoms with Gasteiger partial charge >= 0.3 is 5.97 Å². The number of hydrogen-bond donors (Lipinski definition) is 0. The van der Waals surface area contributed by atoms with Crippen molar-refractivity contribution in [1.82, 2.24) is 4.90 Å². The number of fused-ring (bicyclic) bond motifs is 1. The van der Waals surface area contributed by atoms with Gasteiger partial charge in [-0.2, -0.15) is 0 Å². The average molecular weight is 366 g/mol. The average Bonchev–Trinajstić information content (AvgIpc) is 3.34.